The zero-order chi connectivity index (χ0) is 13.7. The summed E-state index contributed by atoms with van der Waals surface area (Å²) in [4.78, 5) is 30.5. The van der Waals surface area contributed by atoms with Crippen LogP contribution in [0.1, 0.15) is 35.7 Å². The summed E-state index contributed by atoms with van der Waals surface area (Å²) >= 11 is 1.60. The Balaban J connectivity index is 2.35. The number of hydrogen-bond acceptors (Lipinski definition) is 4. The molecule has 1 atom stereocenters. The third-order valence-corrected chi connectivity index (χ3v) is 4.93. The average molecular weight is 277 g/mol. The van der Waals surface area contributed by atoms with E-state index in [-0.39, 0.29) is 5.56 Å². The van der Waals surface area contributed by atoms with Crippen LogP contribution in [0.15, 0.2) is 4.79 Å². The highest BCUT2D eigenvalue weighted by atomic mass is 32.1. The van der Waals surface area contributed by atoms with Crippen LogP contribution in [0.4, 0.5) is 0 Å². The molecule has 2 aromatic heterocycles. The molecule has 0 aliphatic heterocycles. The van der Waals surface area contributed by atoms with Crippen LogP contribution in [0.25, 0.3) is 10.2 Å². The van der Waals surface area contributed by atoms with E-state index in [9.17, 15) is 9.59 Å². The lowest BCUT2D eigenvalue weighted by Gasteiger charge is -2.14. The minimum Gasteiger partial charge on any atom is -0.368 e. The number of carbonyl (C=O) groups excluding carboxylic acids is 1. The predicted octanol–water partition coefficient (Wildman–Crippen LogP) is 1.30. The zero-order valence-corrected chi connectivity index (χ0v) is 11.7. The van der Waals surface area contributed by atoms with Gasteiger partial charge in [-0.1, -0.05) is 0 Å². The first-order valence-electron chi connectivity index (χ1n) is 6.33. The van der Waals surface area contributed by atoms with Gasteiger partial charge in [0.1, 0.15) is 16.7 Å². The van der Waals surface area contributed by atoms with Gasteiger partial charge >= 0.3 is 0 Å². The molecule has 2 N–H and O–H groups in total. The number of aryl methyl sites for hydroxylation is 3. The lowest BCUT2D eigenvalue weighted by atomic mass is 10.2. The second kappa shape index (κ2) is 4.16. The van der Waals surface area contributed by atoms with E-state index in [0.717, 1.165) is 29.7 Å². The molecule has 0 fully saturated rings. The van der Waals surface area contributed by atoms with Gasteiger partial charge in [0.15, 0.2) is 0 Å². The van der Waals surface area contributed by atoms with E-state index in [1.807, 2.05) is 0 Å². The fourth-order valence-electron chi connectivity index (χ4n) is 2.74. The van der Waals surface area contributed by atoms with Crippen molar-refractivity contribution in [3.63, 3.8) is 0 Å². The molecule has 0 radical (unpaired) electrons. The van der Waals surface area contributed by atoms with Gasteiger partial charge < -0.3 is 5.73 Å². The topological polar surface area (TPSA) is 78.0 Å². The van der Waals surface area contributed by atoms with Gasteiger partial charge in [0.25, 0.3) is 5.56 Å². The number of nitrogens with two attached hydrogens (primary N) is 1. The molecule has 2 aromatic rings. The summed E-state index contributed by atoms with van der Waals surface area (Å²) in [6.07, 6.45) is 3.05. The Morgan fingerprint density at radius 1 is 1.47 bits per heavy atom. The normalized spacial score (nSPS) is 15.7. The molecule has 1 amide bonds. The average Bonchev–Trinajstić information content (AvgIpc) is 2.87. The van der Waals surface area contributed by atoms with E-state index in [4.69, 9.17) is 5.73 Å². The quantitative estimate of drug-likeness (QED) is 0.898. The molecule has 1 unspecified atom stereocenters. The smallest absolute Gasteiger partial charge is 0.263 e. The third kappa shape index (κ3) is 1.70. The number of thiophene rings is 1. The molecule has 6 heteroatoms. The van der Waals surface area contributed by atoms with E-state index < -0.39 is 11.9 Å². The molecule has 0 saturated heterocycles. The number of hydrogen-bond donors (Lipinski definition) is 1. The van der Waals surface area contributed by atoms with Crippen molar-refractivity contribution < 1.29 is 4.79 Å². The lowest BCUT2D eigenvalue weighted by Crippen LogP contribution is -2.34. The summed E-state index contributed by atoms with van der Waals surface area (Å²) in [5.74, 6) is 0.0296. The van der Waals surface area contributed by atoms with Crippen LogP contribution in [0.5, 0.6) is 0 Å². The van der Waals surface area contributed by atoms with Crippen LogP contribution in [-0.2, 0) is 17.6 Å². The molecule has 19 heavy (non-hydrogen) atoms. The number of aromatic nitrogens is 2. The highest BCUT2D eigenvalue weighted by Gasteiger charge is 2.24. The summed E-state index contributed by atoms with van der Waals surface area (Å²) in [5, 5.41) is 0.691. The Morgan fingerprint density at radius 3 is 2.89 bits per heavy atom. The van der Waals surface area contributed by atoms with Crippen molar-refractivity contribution >= 4 is 27.5 Å². The van der Waals surface area contributed by atoms with Gasteiger partial charge in [0.2, 0.25) is 5.91 Å². The molecule has 0 saturated carbocycles. The number of primary amides is 1. The highest BCUT2D eigenvalue weighted by Crippen LogP contribution is 2.34. The van der Waals surface area contributed by atoms with Crippen LogP contribution in [0.2, 0.25) is 0 Å². The van der Waals surface area contributed by atoms with Crippen LogP contribution < -0.4 is 11.3 Å². The first-order chi connectivity index (χ1) is 9.00. The van der Waals surface area contributed by atoms with Gasteiger partial charge in [0.05, 0.1) is 5.39 Å². The van der Waals surface area contributed by atoms with Crippen LogP contribution in [0.3, 0.4) is 0 Å². The number of fused-ring (bicyclic) bond motifs is 3. The zero-order valence-electron chi connectivity index (χ0n) is 10.9. The van der Waals surface area contributed by atoms with E-state index in [1.54, 1.807) is 25.2 Å². The van der Waals surface area contributed by atoms with Crippen molar-refractivity contribution in [3.05, 3.63) is 26.6 Å². The maximum absolute atomic E-state index is 12.6. The summed E-state index contributed by atoms with van der Waals surface area (Å²) in [6.45, 7) is 3.38. The van der Waals surface area contributed by atoms with Gasteiger partial charge in [-0.05, 0) is 38.7 Å². The SMILES string of the molecule is Cc1nc2sc3c(c2c(=O)n1C(C)C(N)=O)CCC3. The van der Waals surface area contributed by atoms with E-state index in [0.29, 0.717) is 11.2 Å². The molecule has 5 nitrogen and oxygen atoms in total. The fourth-order valence-corrected chi connectivity index (χ4v) is 4.04. The van der Waals surface area contributed by atoms with Crippen LogP contribution in [-0.4, -0.2) is 15.5 Å². The molecule has 100 valence electrons. The van der Waals surface area contributed by atoms with Crippen molar-refractivity contribution in [1.82, 2.24) is 9.55 Å². The summed E-state index contributed by atoms with van der Waals surface area (Å²) in [5.41, 5.74) is 6.31. The van der Waals surface area contributed by atoms with Crippen molar-refractivity contribution in [2.75, 3.05) is 0 Å². The molecule has 0 spiro atoms. The van der Waals surface area contributed by atoms with Crippen LogP contribution in [0, 0.1) is 6.92 Å². The van der Waals surface area contributed by atoms with Gasteiger partial charge in [-0.2, -0.15) is 0 Å². The van der Waals surface area contributed by atoms with Gasteiger partial charge in [-0.15, -0.1) is 11.3 Å². The van der Waals surface area contributed by atoms with Crippen molar-refractivity contribution in [1.29, 1.82) is 0 Å². The maximum Gasteiger partial charge on any atom is 0.263 e. The predicted molar refractivity (Wildman–Crippen MR) is 74.5 cm³/mol. The molecular formula is C13H15N3O2S. The molecule has 0 aromatic carbocycles. The summed E-state index contributed by atoms with van der Waals surface area (Å²) in [7, 11) is 0. The number of nitrogens with zero attached hydrogens (tertiary/aromatic N) is 2. The number of rotatable bonds is 2. The van der Waals surface area contributed by atoms with E-state index in [2.05, 4.69) is 4.98 Å². The molecule has 0 bridgehead atoms. The first kappa shape index (κ1) is 12.3. The molecule has 2 heterocycles. The molecule has 1 aliphatic carbocycles. The molecule has 3 rings (SSSR count). The number of carbonyl (C=O) groups is 1. The van der Waals surface area contributed by atoms with E-state index in [1.165, 1.54) is 9.44 Å². The minimum atomic E-state index is -0.665. The summed E-state index contributed by atoms with van der Waals surface area (Å²) in [6, 6.07) is -0.665. The molecule has 1 aliphatic rings. The Kier molecular flexibility index (Phi) is 2.70. The standard InChI is InChI=1S/C13H15N3O2S/c1-6(11(14)17)16-7(2)15-12-10(13(16)18)8-4-3-5-9(8)19-12/h6H,3-5H2,1-2H3,(H2,14,17). The maximum atomic E-state index is 12.6. The van der Waals surface area contributed by atoms with Crippen LogP contribution >= 0.6 is 11.3 Å². The Morgan fingerprint density at radius 2 is 2.21 bits per heavy atom. The Bertz CT molecular complexity index is 744. The first-order valence-corrected chi connectivity index (χ1v) is 7.15. The number of amides is 1. The van der Waals surface area contributed by atoms with Crippen molar-refractivity contribution in [2.24, 2.45) is 5.73 Å². The third-order valence-electron chi connectivity index (χ3n) is 3.75. The Hall–Kier alpha value is -1.69. The van der Waals surface area contributed by atoms with E-state index >= 15 is 0 Å². The Labute approximate surface area is 114 Å². The lowest BCUT2D eigenvalue weighted by molar-refractivity contribution is -0.120. The second-order valence-corrected chi connectivity index (χ2v) is 6.03. The second-order valence-electron chi connectivity index (χ2n) is 4.95. The van der Waals surface area contributed by atoms with Crippen molar-refractivity contribution in [2.45, 2.75) is 39.2 Å². The fraction of sp³-hybridized carbons (Fsp3) is 0.462. The summed E-state index contributed by atoms with van der Waals surface area (Å²) < 4.78 is 1.41. The van der Waals surface area contributed by atoms with Gasteiger partial charge in [-0.25, -0.2) is 4.98 Å². The van der Waals surface area contributed by atoms with Gasteiger partial charge in [0, 0.05) is 4.88 Å². The largest absolute Gasteiger partial charge is 0.368 e. The van der Waals surface area contributed by atoms with Gasteiger partial charge in [-0.3, -0.25) is 14.2 Å². The highest BCUT2D eigenvalue weighted by molar-refractivity contribution is 7.18. The minimum absolute atomic E-state index is 0.131. The monoisotopic (exact) mass is 277 g/mol. The van der Waals surface area contributed by atoms with Crippen molar-refractivity contribution in [3.8, 4) is 0 Å². The molecular weight excluding hydrogens is 262 g/mol.